The van der Waals surface area contributed by atoms with Gasteiger partial charge in [0.15, 0.2) is 5.82 Å². The maximum atomic E-state index is 13.4. The molecule has 0 saturated heterocycles. The fourth-order valence-electron chi connectivity index (χ4n) is 3.89. The Bertz CT molecular complexity index is 1210. The highest BCUT2D eigenvalue weighted by Crippen LogP contribution is 2.32. The number of rotatable bonds is 5. The molecule has 8 heteroatoms. The van der Waals surface area contributed by atoms with Crippen molar-refractivity contribution in [1.82, 2.24) is 20.1 Å². The number of hydrogen-bond donors (Lipinski definition) is 2. The summed E-state index contributed by atoms with van der Waals surface area (Å²) in [6, 6.07) is 11.6. The first-order chi connectivity index (χ1) is 15.4. The number of anilines is 1. The lowest BCUT2D eigenvalue weighted by Gasteiger charge is -2.24. The number of aromatic nitrogens is 3. The van der Waals surface area contributed by atoms with Crippen LogP contribution in [-0.2, 0) is 16.1 Å². The first kappa shape index (κ1) is 21.4. The summed E-state index contributed by atoms with van der Waals surface area (Å²) in [5, 5.41) is 14.0. The Balaban J connectivity index is 1.64. The van der Waals surface area contributed by atoms with Crippen LogP contribution in [0.3, 0.4) is 0 Å². The number of benzene rings is 2. The quantitative estimate of drug-likeness (QED) is 0.640. The molecule has 0 spiro atoms. The van der Waals surface area contributed by atoms with Gasteiger partial charge in [-0.2, -0.15) is 0 Å². The number of carbonyl (C=O) groups excluding carboxylic acids is 2. The Morgan fingerprint density at radius 1 is 1.19 bits per heavy atom. The maximum Gasteiger partial charge on any atom is 0.253 e. The monoisotopic (exact) mass is 433 g/mol. The van der Waals surface area contributed by atoms with Crippen LogP contribution in [0.15, 0.2) is 54.2 Å². The normalized spacial score (nSPS) is 15.8. The molecule has 3 aromatic rings. The lowest BCUT2D eigenvalue weighted by molar-refractivity contribution is -0.121. The third-order valence-corrected chi connectivity index (χ3v) is 5.68. The van der Waals surface area contributed by atoms with Crippen LogP contribution in [0.4, 0.5) is 10.1 Å². The van der Waals surface area contributed by atoms with Crippen molar-refractivity contribution in [2.75, 3.05) is 5.32 Å². The van der Waals surface area contributed by atoms with Crippen LogP contribution in [-0.4, -0.2) is 26.6 Å². The molecule has 0 radical (unpaired) electrons. The highest BCUT2D eigenvalue weighted by atomic mass is 19.1. The van der Waals surface area contributed by atoms with E-state index in [0.717, 1.165) is 29.3 Å². The Morgan fingerprint density at radius 2 is 1.94 bits per heavy atom. The first-order valence-electron chi connectivity index (χ1n) is 10.4. The van der Waals surface area contributed by atoms with Crippen molar-refractivity contribution < 1.29 is 14.0 Å². The average Bonchev–Trinajstić information content (AvgIpc) is 3.16. The molecule has 1 aliphatic heterocycles. The van der Waals surface area contributed by atoms with Gasteiger partial charge in [0.05, 0.1) is 0 Å². The molecule has 1 atom stereocenters. The van der Waals surface area contributed by atoms with Gasteiger partial charge in [-0.3, -0.25) is 9.59 Å². The van der Waals surface area contributed by atoms with E-state index >= 15 is 0 Å². The van der Waals surface area contributed by atoms with E-state index in [9.17, 15) is 14.0 Å². The largest absolute Gasteiger partial charge is 0.332 e. The molecule has 0 bridgehead atoms. The first-order valence-corrected chi connectivity index (χ1v) is 10.4. The van der Waals surface area contributed by atoms with Crippen LogP contribution in [0.25, 0.3) is 11.4 Å². The van der Waals surface area contributed by atoms with Gasteiger partial charge in [0, 0.05) is 41.9 Å². The summed E-state index contributed by atoms with van der Waals surface area (Å²) >= 11 is 0. The number of nitrogens with zero attached hydrogens (tertiary/aromatic N) is 3. The summed E-state index contributed by atoms with van der Waals surface area (Å²) in [5.74, 6) is 0.203. The average molecular weight is 433 g/mol. The van der Waals surface area contributed by atoms with Crippen molar-refractivity contribution in [2.24, 2.45) is 0 Å². The summed E-state index contributed by atoms with van der Waals surface area (Å²) in [6.45, 7) is 6.56. The van der Waals surface area contributed by atoms with Crippen LogP contribution in [0.2, 0.25) is 0 Å². The zero-order chi connectivity index (χ0) is 22.8. The fourth-order valence-corrected chi connectivity index (χ4v) is 3.89. The van der Waals surface area contributed by atoms with E-state index in [-0.39, 0.29) is 24.1 Å². The summed E-state index contributed by atoms with van der Waals surface area (Å²) < 4.78 is 15.4. The van der Waals surface area contributed by atoms with E-state index in [1.165, 1.54) is 18.3 Å². The van der Waals surface area contributed by atoms with E-state index in [1.807, 2.05) is 43.5 Å². The van der Waals surface area contributed by atoms with E-state index in [4.69, 9.17) is 0 Å². The van der Waals surface area contributed by atoms with Crippen molar-refractivity contribution >= 4 is 17.5 Å². The Labute approximate surface area is 185 Å². The molecule has 1 aromatic heterocycles. The zero-order valence-electron chi connectivity index (χ0n) is 18.1. The molecule has 2 heterocycles. The number of carbonyl (C=O) groups is 2. The van der Waals surface area contributed by atoms with Gasteiger partial charge in [-0.25, -0.2) is 4.39 Å². The molecule has 0 aliphatic carbocycles. The molecule has 2 N–H and O–H groups in total. The molecule has 4 rings (SSSR count). The van der Waals surface area contributed by atoms with Gasteiger partial charge in [-0.05, 0) is 50.1 Å². The van der Waals surface area contributed by atoms with Crippen LogP contribution in [0.5, 0.6) is 0 Å². The van der Waals surface area contributed by atoms with Gasteiger partial charge < -0.3 is 15.2 Å². The van der Waals surface area contributed by atoms with Gasteiger partial charge in [-0.15, -0.1) is 10.2 Å². The van der Waals surface area contributed by atoms with Crippen LogP contribution in [0, 0.1) is 19.7 Å². The van der Waals surface area contributed by atoms with Gasteiger partial charge in [-0.1, -0.05) is 24.3 Å². The lowest BCUT2D eigenvalue weighted by atomic mass is 9.86. The van der Waals surface area contributed by atoms with Gasteiger partial charge in [0.2, 0.25) is 5.91 Å². The number of nitrogens with one attached hydrogen (secondary N) is 2. The number of halogens is 1. The molecule has 1 aliphatic rings. The van der Waals surface area contributed by atoms with E-state index in [2.05, 4.69) is 20.8 Å². The highest BCUT2D eigenvalue weighted by Gasteiger charge is 2.29. The summed E-state index contributed by atoms with van der Waals surface area (Å²) in [6.07, 6.45) is 1.55. The maximum absolute atomic E-state index is 13.4. The molecular formula is C24H24FN5O2. The van der Waals surface area contributed by atoms with Crippen molar-refractivity contribution in [2.45, 2.75) is 39.7 Å². The topological polar surface area (TPSA) is 88.9 Å². The molecule has 7 nitrogen and oxygen atoms in total. The van der Waals surface area contributed by atoms with Crippen molar-refractivity contribution in [3.63, 3.8) is 0 Å². The molecule has 164 valence electrons. The minimum absolute atomic E-state index is 0.114. The zero-order valence-corrected chi connectivity index (χ0v) is 18.1. The second-order valence-corrected chi connectivity index (χ2v) is 7.77. The highest BCUT2D eigenvalue weighted by molar-refractivity contribution is 6.07. The standard InChI is InChI=1S/C24H24FN5O2/c1-4-30-15(3)28-29-23(30)17-6-5-14(2)21(11-17)27-24(32)20-13-26-22(31)12-19(20)16-7-9-18(25)10-8-16/h5-11,13,19H,4,12H2,1-3H3,(H,26,31)(H,27,32)/t19-/m0/s1. The van der Waals surface area contributed by atoms with Crippen LogP contribution >= 0.6 is 0 Å². The second-order valence-electron chi connectivity index (χ2n) is 7.77. The van der Waals surface area contributed by atoms with E-state index < -0.39 is 5.92 Å². The van der Waals surface area contributed by atoms with E-state index in [0.29, 0.717) is 16.8 Å². The molecule has 0 fully saturated rings. The molecular weight excluding hydrogens is 409 g/mol. The van der Waals surface area contributed by atoms with Gasteiger partial charge in [0.25, 0.3) is 5.91 Å². The number of aryl methyl sites for hydroxylation is 2. The Morgan fingerprint density at radius 3 is 2.66 bits per heavy atom. The predicted molar refractivity (Wildman–Crippen MR) is 119 cm³/mol. The van der Waals surface area contributed by atoms with Crippen molar-refractivity contribution in [3.8, 4) is 11.4 Å². The van der Waals surface area contributed by atoms with Crippen molar-refractivity contribution in [3.05, 3.63) is 77.0 Å². The summed E-state index contributed by atoms with van der Waals surface area (Å²) in [7, 11) is 0. The lowest BCUT2D eigenvalue weighted by Crippen LogP contribution is -2.32. The SMILES string of the molecule is CCn1c(C)nnc1-c1ccc(C)c(NC(=O)C2=CNC(=O)C[C@H]2c2ccc(F)cc2)c1. The summed E-state index contributed by atoms with van der Waals surface area (Å²) in [4.78, 5) is 25.2. The molecule has 0 saturated carbocycles. The fraction of sp³-hybridized carbons (Fsp3) is 0.250. The minimum Gasteiger partial charge on any atom is -0.332 e. The minimum atomic E-state index is -0.460. The molecule has 2 aromatic carbocycles. The van der Waals surface area contributed by atoms with Crippen LogP contribution < -0.4 is 10.6 Å². The van der Waals surface area contributed by atoms with Crippen LogP contribution in [0.1, 0.15) is 36.2 Å². The van der Waals surface area contributed by atoms with Crippen molar-refractivity contribution in [1.29, 1.82) is 0 Å². The summed E-state index contributed by atoms with van der Waals surface area (Å²) in [5.41, 5.74) is 3.49. The predicted octanol–water partition coefficient (Wildman–Crippen LogP) is 3.85. The van der Waals surface area contributed by atoms with Gasteiger partial charge in [0.1, 0.15) is 11.6 Å². The Hall–Kier alpha value is -3.81. The van der Waals surface area contributed by atoms with Gasteiger partial charge >= 0.3 is 0 Å². The van der Waals surface area contributed by atoms with E-state index in [1.54, 1.807) is 12.1 Å². The molecule has 0 unspecified atom stereocenters. The smallest absolute Gasteiger partial charge is 0.253 e. The molecule has 2 amide bonds. The Kier molecular flexibility index (Phi) is 5.85. The third-order valence-electron chi connectivity index (χ3n) is 5.68. The number of hydrogen-bond acceptors (Lipinski definition) is 4. The molecule has 32 heavy (non-hydrogen) atoms. The second kappa shape index (κ2) is 8.74. The number of amides is 2. The third kappa shape index (κ3) is 4.16.